The Morgan fingerprint density at radius 2 is 1.95 bits per heavy atom. The predicted molar refractivity (Wildman–Crippen MR) is 82.4 cm³/mol. The van der Waals surface area contributed by atoms with Gasteiger partial charge in [-0.3, -0.25) is 9.00 Å². The third-order valence-corrected chi connectivity index (χ3v) is 4.25. The highest BCUT2D eigenvalue weighted by atomic mass is 32.2. The zero-order valence-corrected chi connectivity index (χ0v) is 13.6. The minimum absolute atomic E-state index is 0.0909. The van der Waals surface area contributed by atoms with Gasteiger partial charge in [-0.2, -0.15) is 0 Å². The molecule has 0 aromatic heterocycles. The minimum atomic E-state index is -0.771. The molecule has 0 aromatic rings. The van der Waals surface area contributed by atoms with Crippen LogP contribution in [0.15, 0.2) is 0 Å². The molecule has 3 N–H and O–H groups in total. The molecule has 5 heteroatoms. The first kappa shape index (κ1) is 18.6. The first-order valence-corrected chi connectivity index (χ1v) is 8.77. The van der Waals surface area contributed by atoms with Crippen molar-refractivity contribution in [2.75, 3.05) is 25.1 Å². The fraction of sp³-hybridized carbons (Fsp3) is 0.929. The number of nitrogens with one attached hydrogen (secondary N) is 1. The number of carbonyl (C=O) groups excluding carboxylic acids is 1. The van der Waals surface area contributed by atoms with Crippen LogP contribution in [0.4, 0.5) is 0 Å². The van der Waals surface area contributed by atoms with E-state index in [4.69, 9.17) is 5.73 Å². The molecule has 0 aromatic carbocycles. The van der Waals surface area contributed by atoms with Crippen molar-refractivity contribution < 1.29 is 9.00 Å². The molecule has 19 heavy (non-hydrogen) atoms. The summed E-state index contributed by atoms with van der Waals surface area (Å²) in [7, 11) is -0.771. The highest BCUT2D eigenvalue weighted by molar-refractivity contribution is 7.84. The molecular weight excluding hydrogens is 260 g/mol. The zero-order chi connectivity index (χ0) is 14.9. The quantitative estimate of drug-likeness (QED) is 0.634. The van der Waals surface area contributed by atoms with E-state index in [-0.39, 0.29) is 11.3 Å². The number of hydrogen-bond donors (Lipinski definition) is 2. The van der Waals surface area contributed by atoms with Gasteiger partial charge in [-0.05, 0) is 37.1 Å². The van der Waals surface area contributed by atoms with Gasteiger partial charge in [0.1, 0.15) is 0 Å². The molecule has 0 bridgehead atoms. The van der Waals surface area contributed by atoms with Crippen molar-refractivity contribution in [3.8, 4) is 0 Å². The van der Waals surface area contributed by atoms with Crippen molar-refractivity contribution in [2.45, 2.75) is 46.5 Å². The van der Waals surface area contributed by atoms with Crippen LogP contribution in [-0.2, 0) is 15.6 Å². The lowest BCUT2D eigenvalue weighted by Gasteiger charge is -2.30. The van der Waals surface area contributed by atoms with Crippen LogP contribution in [0, 0.1) is 11.3 Å². The predicted octanol–water partition coefficient (Wildman–Crippen LogP) is 1.66. The van der Waals surface area contributed by atoms with Gasteiger partial charge in [0.15, 0.2) is 0 Å². The van der Waals surface area contributed by atoms with Crippen molar-refractivity contribution in [2.24, 2.45) is 17.1 Å². The highest BCUT2D eigenvalue weighted by Crippen LogP contribution is 2.31. The molecule has 0 radical (unpaired) electrons. The largest absolute Gasteiger partial charge is 0.356 e. The topological polar surface area (TPSA) is 72.2 Å². The second-order valence-corrected chi connectivity index (χ2v) is 7.71. The smallest absolute Gasteiger partial charge is 0.220 e. The summed E-state index contributed by atoms with van der Waals surface area (Å²) in [6.45, 7) is 7.88. The van der Waals surface area contributed by atoms with Gasteiger partial charge in [0.25, 0.3) is 0 Å². The first-order chi connectivity index (χ1) is 8.77. The molecule has 0 rings (SSSR count). The maximum absolute atomic E-state index is 11.7. The number of rotatable bonds is 9. The Kier molecular flexibility index (Phi) is 9.27. The van der Waals surface area contributed by atoms with Gasteiger partial charge in [0.05, 0.1) is 0 Å². The zero-order valence-electron chi connectivity index (χ0n) is 12.8. The van der Waals surface area contributed by atoms with E-state index in [1.807, 2.05) is 0 Å². The average molecular weight is 290 g/mol. The van der Waals surface area contributed by atoms with E-state index in [0.717, 1.165) is 19.3 Å². The van der Waals surface area contributed by atoms with Crippen molar-refractivity contribution in [1.29, 1.82) is 0 Å². The lowest BCUT2D eigenvalue weighted by Crippen LogP contribution is -2.28. The Morgan fingerprint density at radius 1 is 1.32 bits per heavy atom. The molecular formula is C14H30N2O2S. The number of amides is 1. The Balaban J connectivity index is 3.89. The normalized spacial score (nSPS) is 15.0. The molecule has 114 valence electrons. The molecule has 1 amide bonds. The van der Waals surface area contributed by atoms with Gasteiger partial charge >= 0.3 is 0 Å². The molecule has 0 saturated carbocycles. The number of hydrogen-bond acceptors (Lipinski definition) is 3. The molecule has 0 saturated heterocycles. The molecule has 0 aliphatic carbocycles. The van der Waals surface area contributed by atoms with Crippen LogP contribution in [0.5, 0.6) is 0 Å². The van der Waals surface area contributed by atoms with E-state index in [2.05, 4.69) is 26.1 Å². The SMILES string of the molecule is CS(=O)CCCNC(=O)CCC(CCN)C(C)(C)C. The van der Waals surface area contributed by atoms with Crippen molar-refractivity contribution >= 4 is 16.7 Å². The van der Waals surface area contributed by atoms with Crippen LogP contribution in [0.1, 0.15) is 46.5 Å². The summed E-state index contributed by atoms with van der Waals surface area (Å²) in [6, 6.07) is 0. The van der Waals surface area contributed by atoms with E-state index in [1.165, 1.54) is 0 Å². The molecule has 0 spiro atoms. The second kappa shape index (κ2) is 9.48. The monoisotopic (exact) mass is 290 g/mol. The summed E-state index contributed by atoms with van der Waals surface area (Å²) in [5.41, 5.74) is 5.82. The summed E-state index contributed by atoms with van der Waals surface area (Å²) in [6.07, 6.45) is 4.86. The van der Waals surface area contributed by atoms with Gasteiger partial charge in [-0.15, -0.1) is 0 Å². The maximum atomic E-state index is 11.7. The van der Waals surface area contributed by atoms with Gasteiger partial charge < -0.3 is 11.1 Å². The summed E-state index contributed by atoms with van der Waals surface area (Å²) in [5.74, 6) is 1.22. The van der Waals surface area contributed by atoms with E-state index in [1.54, 1.807) is 6.26 Å². The fourth-order valence-electron chi connectivity index (χ4n) is 2.11. The minimum Gasteiger partial charge on any atom is -0.356 e. The molecule has 0 heterocycles. The summed E-state index contributed by atoms with van der Waals surface area (Å²) < 4.78 is 10.9. The number of carbonyl (C=O) groups is 1. The van der Waals surface area contributed by atoms with E-state index in [9.17, 15) is 9.00 Å². The van der Waals surface area contributed by atoms with Crippen molar-refractivity contribution in [1.82, 2.24) is 5.32 Å². The Bertz CT molecular complexity index is 288. The Labute approximate surface area is 120 Å². The van der Waals surface area contributed by atoms with E-state index >= 15 is 0 Å². The molecule has 2 atom stereocenters. The third-order valence-electron chi connectivity index (χ3n) is 3.39. The molecule has 4 nitrogen and oxygen atoms in total. The third kappa shape index (κ3) is 10.1. The van der Waals surface area contributed by atoms with Gasteiger partial charge in [0.2, 0.25) is 5.91 Å². The highest BCUT2D eigenvalue weighted by Gasteiger charge is 2.24. The lowest BCUT2D eigenvalue weighted by molar-refractivity contribution is -0.121. The Hall–Kier alpha value is -0.420. The molecule has 2 unspecified atom stereocenters. The van der Waals surface area contributed by atoms with Gasteiger partial charge in [-0.1, -0.05) is 20.8 Å². The standard InChI is InChI=1S/C14H30N2O2S/c1-14(2,3)12(8-9-15)6-7-13(17)16-10-5-11-19(4)18/h12H,5-11,15H2,1-4H3,(H,16,17). The summed E-state index contributed by atoms with van der Waals surface area (Å²) in [4.78, 5) is 11.7. The van der Waals surface area contributed by atoms with Crippen LogP contribution in [0.3, 0.4) is 0 Å². The van der Waals surface area contributed by atoms with Crippen molar-refractivity contribution in [3.63, 3.8) is 0 Å². The van der Waals surface area contributed by atoms with E-state index < -0.39 is 10.8 Å². The summed E-state index contributed by atoms with van der Waals surface area (Å²) >= 11 is 0. The summed E-state index contributed by atoms with van der Waals surface area (Å²) in [5, 5.41) is 2.88. The first-order valence-electron chi connectivity index (χ1n) is 7.04. The van der Waals surface area contributed by atoms with Crippen LogP contribution < -0.4 is 11.1 Å². The Morgan fingerprint density at radius 3 is 2.42 bits per heavy atom. The maximum Gasteiger partial charge on any atom is 0.220 e. The second-order valence-electron chi connectivity index (χ2n) is 6.16. The van der Waals surface area contributed by atoms with Crippen LogP contribution in [-0.4, -0.2) is 35.2 Å². The van der Waals surface area contributed by atoms with E-state index in [0.29, 0.717) is 31.2 Å². The lowest BCUT2D eigenvalue weighted by atomic mass is 9.76. The molecule has 0 aliphatic heterocycles. The fourth-order valence-corrected chi connectivity index (χ4v) is 2.66. The van der Waals surface area contributed by atoms with Gasteiger partial charge in [0, 0.05) is 35.8 Å². The van der Waals surface area contributed by atoms with Gasteiger partial charge in [-0.25, -0.2) is 0 Å². The van der Waals surface area contributed by atoms with Crippen LogP contribution in [0.2, 0.25) is 0 Å². The van der Waals surface area contributed by atoms with Crippen molar-refractivity contribution in [3.05, 3.63) is 0 Å². The van der Waals surface area contributed by atoms with Crippen LogP contribution in [0.25, 0.3) is 0 Å². The molecule has 0 aliphatic rings. The number of nitrogens with two attached hydrogens (primary N) is 1. The van der Waals surface area contributed by atoms with Crippen LogP contribution >= 0.6 is 0 Å². The molecule has 0 fully saturated rings. The average Bonchev–Trinajstić information content (AvgIpc) is 2.28.